The standard InChI is InChI=1S/C9H8N4O2/c10-9(15)13-6-1-7-5(4-14)2-11-8(7)12-3-6/h1-4H,(H,11,12)(H3,10,13,15). The normalized spacial score (nSPS) is 10.1. The van der Waals surface area contributed by atoms with Crippen LogP contribution in [0.5, 0.6) is 0 Å². The van der Waals surface area contributed by atoms with Crippen molar-refractivity contribution in [2.24, 2.45) is 5.73 Å². The summed E-state index contributed by atoms with van der Waals surface area (Å²) in [5.41, 5.74) is 6.50. The molecule has 0 saturated heterocycles. The van der Waals surface area contributed by atoms with Crippen molar-refractivity contribution in [3.63, 3.8) is 0 Å². The van der Waals surface area contributed by atoms with Gasteiger partial charge in [0.25, 0.3) is 0 Å². The molecule has 2 amide bonds. The highest BCUT2D eigenvalue weighted by atomic mass is 16.2. The van der Waals surface area contributed by atoms with Gasteiger partial charge in [0.1, 0.15) is 5.65 Å². The Labute approximate surface area is 84.5 Å². The second-order valence-corrected chi connectivity index (χ2v) is 2.97. The van der Waals surface area contributed by atoms with Crippen LogP contribution in [0.2, 0.25) is 0 Å². The fourth-order valence-electron chi connectivity index (χ4n) is 1.33. The molecule has 0 unspecified atom stereocenters. The number of urea groups is 1. The van der Waals surface area contributed by atoms with E-state index >= 15 is 0 Å². The van der Waals surface area contributed by atoms with Crippen LogP contribution in [-0.2, 0) is 0 Å². The molecule has 2 aromatic heterocycles. The molecule has 0 aromatic carbocycles. The first kappa shape index (κ1) is 9.20. The van der Waals surface area contributed by atoms with Crippen LogP contribution in [0.25, 0.3) is 11.0 Å². The molecule has 0 spiro atoms. The van der Waals surface area contributed by atoms with Gasteiger partial charge >= 0.3 is 6.03 Å². The van der Waals surface area contributed by atoms with E-state index in [1.807, 2.05) is 0 Å². The zero-order valence-corrected chi connectivity index (χ0v) is 7.65. The monoisotopic (exact) mass is 204 g/mol. The number of hydrogen-bond acceptors (Lipinski definition) is 3. The second-order valence-electron chi connectivity index (χ2n) is 2.97. The number of anilines is 1. The third-order valence-electron chi connectivity index (χ3n) is 1.96. The maximum Gasteiger partial charge on any atom is 0.316 e. The van der Waals surface area contributed by atoms with Crippen molar-refractivity contribution in [1.29, 1.82) is 0 Å². The molecule has 4 N–H and O–H groups in total. The molecule has 0 saturated carbocycles. The van der Waals surface area contributed by atoms with Crippen LogP contribution in [0.4, 0.5) is 10.5 Å². The number of nitrogens with two attached hydrogens (primary N) is 1. The van der Waals surface area contributed by atoms with Crippen LogP contribution in [0.3, 0.4) is 0 Å². The Balaban J connectivity index is 2.52. The van der Waals surface area contributed by atoms with Gasteiger partial charge in [-0.05, 0) is 6.07 Å². The molecule has 6 heteroatoms. The average molecular weight is 204 g/mol. The highest BCUT2D eigenvalue weighted by Crippen LogP contribution is 2.18. The lowest BCUT2D eigenvalue weighted by Gasteiger charge is -2.00. The van der Waals surface area contributed by atoms with Crippen LogP contribution >= 0.6 is 0 Å². The van der Waals surface area contributed by atoms with Gasteiger partial charge in [-0.2, -0.15) is 0 Å². The summed E-state index contributed by atoms with van der Waals surface area (Å²) in [6.45, 7) is 0. The molecule has 2 rings (SSSR count). The van der Waals surface area contributed by atoms with Crippen LogP contribution in [0, 0.1) is 0 Å². The van der Waals surface area contributed by atoms with Gasteiger partial charge < -0.3 is 16.0 Å². The summed E-state index contributed by atoms with van der Waals surface area (Å²) in [5.74, 6) is 0. The largest absolute Gasteiger partial charge is 0.351 e. The smallest absolute Gasteiger partial charge is 0.316 e. The first-order valence-electron chi connectivity index (χ1n) is 4.19. The van der Waals surface area contributed by atoms with Crippen LogP contribution in [0.1, 0.15) is 10.4 Å². The van der Waals surface area contributed by atoms with Crippen LogP contribution in [0.15, 0.2) is 18.5 Å². The number of rotatable bonds is 2. The number of pyridine rings is 1. The number of carbonyl (C=O) groups excluding carboxylic acids is 2. The molecule has 6 nitrogen and oxygen atoms in total. The van der Waals surface area contributed by atoms with Crippen molar-refractivity contribution in [2.45, 2.75) is 0 Å². The topological polar surface area (TPSA) is 101 Å². The van der Waals surface area contributed by atoms with Gasteiger partial charge in [0.15, 0.2) is 6.29 Å². The predicted molar refractivity (Wildman–Crippen MR) is 54.7 cm³/mol. The molecule has 15 heavy (non-hydrogen) atoms. The van der Waals surface area contributed by atoms with E-state index < -0.39 is 6.03 Å². The number of fused-ring (bicyclic) bond motifs is 1. The minimum absolute atomic E-state index is 0.456. The number of aromatic amines is 1. The average Bonchev–Trinajstić information content (AvgIpc) is 2.59. The molecule has 0 atom stereocenters. The number of H-pyrrole nitrogens is 1. The van der Waals surface area contributed by atoms with Gasteiger partial charge in [-0.1, -0.05) is 0 Å². The van der Waals surface area contributed by atoms with E-state index in [1.54, 1.807) is 12.3 Å². The highest BCUT2D eigenvalue weighted by molar-refractivity contribution is 5.98. The molecule has 0 fully saturated rings. The van der Waals surface area contributed by atoms with E-state index in [0.29, 0.717) is 28.6 Å². The number of nitrogens with one attached hydrogen (secondary N) is 2. The highest BCUT2D eigenvalue weighted by Gasteiger charge is 2.05. The lowest BCUT2D eigenvalue weighted by Crippen LogP contribution is -2.19. The first-order valence-corrected chi connectivity index (χ1v) is 4.19. The Bertz CT molecular complexity index is 532. The zero-order valence-electron chi connectivity index (χ0n) is 7.65. The minimum Gasteiger partial charge on any atom is -0.351 e. The quantitative estimate of drug-likeness (QED) is 0.632. The van der Waals surface area contributed by atoms with Gasteiger partial charge in [0, 0.05) is 17.1 Å². The first-order chi connectivity index (χ1) is 7.20. The minimum atomic E-state index is -0.667. The Morgan fingerprint density at radius 1 is 1.60 bits per heavy atom. The summed E-state index contributed by atoms with van der Waals surface area (Å²) in [6, 6.07) is 0.965. The zero-order chi connectivity index (χ0) is 10.8. The number of nitrogens with zero attached hydrogens (tertiary/aromatic N) is 1. The number of hydrogen-bond donors (Lipinski definition) is 3. The number of aldehydes is 1. The van der Waals surface area contributed by atoms with Crippen molar-refractivity contribution in [2.75, 3.05) is 5.32 Å². The maximum atomic E-state index is 10.7. The van der Waals surface area contributed by atoms with E-state index in [1.165, 1.54) is 6.20 Å². The van der Waals surface area contributed by atoms with Crippen molar-refractivity contribution < 1.29 is 9.59 Å². The SMILES string of the molecule is NC(=O)Nc1cnc2[nH]cc(C=O)c2c1. The van der Waals surface area contributed by atoms with E-state index in [4.69, 9.17) is 5.73 Å². The summed E-state index contributed by atoms with van der Waals surface area (Å²) >= 11 is 0. The Morgan fingerprint density at radius 2 is 2.40 bits per heavy atom. The van der Waals surface area contributed by atoms with Gasteiger partial charge in [-0.15, -0.1) is 0 Å². The lowest BCUT2D eigenvalue weighted by molar-refractivity contribution is 0.112. The van der Waals surface area contributed by atoms with Gasteiger partial charge in [-0.25, -0.2) is 9.78 Å². The summed E-state index contributed by atoms with van der Waals surface area (Å²) in [6.07, 6.45) is 3.73. The molecule has 0 aliphatic rings. The van der Waals surface area contributed by atoms with E-state index in [0.717, 1.165) is 0 Å². The van der Waals surface area contributed by atoms with E-state index in [-0.39, 0.29) is 0 Å². The molecule has 0 aliphatic heterocycles. The third kappa shape index (κ3) is 1.64. The summed E-state index contributed by atoms with van der Waals surface area (Å²) in [4.78, 5) is 28.1. The Kier molecular flexibility index (Phi) is 2.09. The number of primary amides is 1. The molecule has 2 heterocycles. The van der Waals surface area contributed by atoms with Crippen LogP contribution in [-0.4, -0.2) is 22.3 Å². The number of aromatic nitrogens is 2. The molecule has 0 bridgehead atoms. The molecular weight excluding hydrogens is 196 g/mol. The second kappa shape index (κ2) is 3.41. The maximum absolute atomic E-state index is 10.7. The number of carbonyl (C=O) groups is 2. The summed E-state index contributed by atoms with van der Waals surface area (Å²) < 4.78 is 0. The molecule has 76 valence electrons. The van der Waals surface area contributed by atoms with E-state index in [9.17, 15) is 9.59 Å². The molecule has 2 aromatic rings. The van der Waals surface area contributed by atoms with Crippen molar-refractivity contribution in [3.05, 3.63) is 24.0 Å². The fourth-order valence-corrected chi connectivity index (χ4v) is 1.33. The van der Waals surface area contributed by atoms with E-state index in [2.05, 4.69) is 15.3 Å². The van der Waals surface area contributed by atoms with Gasteiger partial charge in [-0.3, -0.25) is 4.79 Å². The summed E-state index contributed by atoms with van der Waals surface area (Å²) in [7, 11) is 0. The van der Waals surface area contributed by atoms with Gasteiger partial charge in [0.2, 0.25) is 0 Å². The van der Waals surface area contributed by atoms with Crippen LogP contribution < -0.4 is 11.1 Å². The fraction of sp³-hybridized carbons (Fsp3) is 0. The number of amides is 2. The van der Waals surface area contributed by atoms with Crippen molar-refractivity contribution in [1.82, 2.24) is 9.97 Å². The van der Waals surface area contributed by atoms with Crippen molar-refractivity contribution >= 4 is 29.0 Å². The van der Waals surface area contributed by atoms with Crippen molar-refractivity contribution in [3.8, 4) is 0 Å². The molecule has 0 radical (unpaired) electrons. The van der Waals surface area contributed by atoms with Gasteiger partial charge in [0.05, 0.1) is 11.9 Å². The Hall–Kier alpha value is -2.37. The molecular formula is C9H8N4O2. The Morgan fingerprint density at radius 3 is 3.07 bits per heavy atom. The summed E-state index contributed by atoms with van der Waals surface area (Å²) in [5, 5.41) is 3.03. The third-order valence-corrected chi connectivity index (χ3v) is 1.96. The molecule has 0 aliphatic carbocycles. The lowest BCUT2D eigenvalue weighted by atomic mass is 10.2. The predicted octanol–water partition coefficient (Wildman–Crippen LogP) is 0.866.